The van der Waals surface area contributed by atoms with Crippen molar-refractivity contribution in [2.45, 2.75) is 11.7 Å². The van der Waals surface area contributed by atoms with E-state index in [-0.39, 0.29) is 29.2 Å². The molecule has 0 amide bonds. The molecule has 0 aliphatic rings. The van der Waals surface area contributed by atoms with Crippen LogP contribution in [0.2, 0.25) is 0 Å². The van der Waals surface area contributed by atoms with Gasteiger partial charge in [-0.05, 0) is 17.7 Å². The van der Waals surface area contributed by atoms with E-state index in [1.54, 1.807) is 12.1 Å². The summed E-state index contributed by atoms with van der Waals surface area (Å²) in [6.45, 7) is 0. The topological polar surface area (TPSA) is 56.5 Å². The van der Waals surface area contributed by atoms with E-state index in [1.807, 2.05) is 30.3 Å². The minimum absolute atomic E-state index is 0.0776. The van der Waals surface area contributed by atoms with Crippen molar-refractivity contribution in [1.29, 1.82) is 0 Å². The first-order valence-electron chi connectivity index (χ1n) is 6.50. The maximum absolute atomic E-state index is 12.2. The first-order valence-corrected chi connectivity index (χ1v) is 7.55. The van der Waals surface area contributed by atoms with Crippen LogP contribution >= 0.6 is 11.8 Å². The highest BCUT2D eigenvalue weighted by Crippen LogP contribution is 2.33. The molecule has 0 bridgehead atoms. The van der Waals surface area contributed by atoms with E-state index in [9.17, 15) is 9.59 Å². The molecule has 0 fully saturated rings. The van der Waals surface area contributed by atoms with Crippen molar-refractivity contribution < 1.29 is 18.7 Å². The Labute approximate surface area is 127 Å². The van der Waals surface area contributed by atoms with E-state index in [0.717, 1.165) is 5.56 Å². The van der Waals surface area contributed by atoms with Crippen LogP contribution in [0.25, 0.3) is 0 Å². The van der Waals surface area contributed by atoms with Gasteiger partial charge in [-0.25, -0.2) is 0 Å². The Bertz CT molecular complexity index is 578. The van der Waals surface area contributed by atoms with Gasteiger partial charge in [0, 0.05) is 11.7 Å². The average molecular weight is 304 g/mol. The van der Waals surface area contributed by atoms with Crippen molar-refractivity contribution in [3.8, 4) is 0 Å². The van der Waals surface area contributed by atoms with Gasteiger partial charge in [0.2, 0.25) is 0 Å². The smallest absolute Gasteiger partial charge is 0.315 e. The number of methoxy groups -OCH3 is 1. The molecule has 0 unspecified atom stereocenters. The Morgan fingerprint density at radius 3 is 2.57 bits per heavy atom. The van der Waals surface area contributed by atoms with Gasteiger partial charge in [0.1, 0.15) is 0 Å². The molecule has 1 aromatic heterocycles. The van der Waals surface area contributed by atoms with E-state index in [2.05, 4.69) is 4.74 Å². The molecule has 1 atom stereocenters. The Hall–Kier alpha value is -2.01. The van der Waals surface area contributed by atoms with Crippen LogP contribution in [0.15, 0.2) is 53.1 Å². The minimum Gasteiger partial charge on any atom is -0.468 e. The van der Waals surface area contributed by atoms with Crippen molar-refractivity contribution in [3.63, 3.8) is 0 Å². The van der Waals surface area contributed by atoms with E-state index in [4.69, 9.17) is 4.42 Å². The highest BCUT2D eigenvalue weighted by atomic mass is 32.2. The fourth-order valence-electron chi connectivity index (χ4n) is 1.87. The van der Waals surface area contributed by atoms with E-state index in [1.165, 1.54) is 25.1 Å². The van der Waals surface area contributed by atoms with Crippen molar-refractivity contribution >= 4 is 23.5 Å². The maximum atomic E-state index is 12.2. The SMILES string of the molecule is COC(=O)CS[C@H](CC(=O)c1ccco1)c1ccccc1. The van der Waals surface area contributed by atoms with Crippen LogP contribution in [-0.2, 0) is 9.53 Å². The van der Waals surface area contributed by atoms with Crippen molar-refractivity contribution in [3.05, 3.63) is 60.1 Å². The minimum atomic E-state index is -0.300. The average Bonchev–Trinajstić information content (AvgIpc) is 3.06. The number of Topliss-reactive ketones (excluding diaryl/α,β-unsaturated/α-hetero) is 1. The summed E-state index contributed by atoms with van der Waals surface area (Å²) in [5.41, 5.74) is 1.01. The zero-order chi connectivity index (χ0) is 15.1. The van der Waals surface area contributed by atoms with Gasteiger partial charge in [-0.1, -0.05) is 30.3 Å². The zero-order valence-corrected chi connectivity index (χ0v) is 12.5. The molecule has 0 aliphatic carbocycles. The molecule has 0 N–H and O–H groups in total. The number of hydrogen-bond donors (Lipinski definition) is 0. The second-order valence-corrected chi connectivity index (χ2v) is 5.58. The zero-order valence-electron chi connectivity index (χ0n) is 11.7. The van der Waals surface area contributed by atoms with Crippen LogP contribution in [0, 0.1) is 0 Å². The largest absolute Gasteiger partial charge is 0.468 e. The molecule has 21 heavy (non-hydrogen) atoms. The number of hydrogen-bond acceptors (Lipinski definition) is 5. The van der Waals surface area contributed by atoms with Gasteiger partial charge in [-0.3, -0.25) is 9.59 Å². The van der Waals surface area contributed by atoms with Crippen LogP contribution in [0.3, 0.4) is 0 Å². The number of carbonyl (C=O) groups excluding carboxylic acids is 2. The third kappa shape index (κ3) is 4.49. The van der Waals surface area contributed by atoms with Gasteiger partial charge in [0.15, 0.2) is 11.5 Å². The first-order chi connectivity index (χ1) is 10.2. The molecule has 4 nitrogen and oxygen atoms in total. The van der Waals surface area contributed by atoms with Crippen LogP contribution < -0.4 is 0 Å². The van der Waals surface area contributed by atoms with Gasteiger partial charge in [-0.2, -0.15) is 0 Å². The number of carbonyl (C=O) groups is 2. The van der Waals surface area contributed by atoms with Crippen molar-refractivity contribution in [2.24, 2.45) is 0 Å². The second kappa shape index (κ2) is 7.69. The normalized spacial score (nSPS) is 11.9. The van der Waals surface area contributed by atoms with Crippen LogP contribution in [0.4, 0.5) is 0 Å². The summed E-state index contributed by atoms with van der Waals surface area (Å²) in [5, 5.41) is -0.108. The molecule has 0 aliphatic heterocycles. The molecule has 1 aromatic carbocycles. The lowest BCUT2D eigenvalue weighted by Gasteiger charge is -2.15. The summed E-state index contributed by atoms with van der Waals surface area (Å²) in [4.78, 5) is 23.5. The summed E-state index contributed by atoms with van der Waals surface area (Å²) in [7, 11) is 1.36. The number of rotatable bonds is 7. The van der Waals surface area contributed by atoms with Crippen molar-refractivity contribution in [1.82, 2.24) is 0 Å². The molecule has 1 heterocycles. The summed E-state index contributed by atoms with van der Waals surface area (Å²) < 4.78 is 9.78. The third-order valence-electron chi connectivity index (χ3n) is 2.97. The maximum Gasteiger partial charge on any atom is 0.315 e. The predicted octanol–water partition coefficient (Wildman–Crippen LogP) is 3.50. The number of esters is 1. The number of ether oxygens (including phenoxy) is 1. The Morgan fingerprint density at radius 1 is 1.19 bits per heavy atom. The van der Waals surface area contributed by atoms with Gasteiger partial charge in [0.05, 0.1) is 19.1 Å². The summed E-state index contributed by atoms with van der Waals surface area (Å²) in [6, 6.07) is 13.0. The summed E-state index contributed by atoms with van der Waals surface area (Å²) in [5.74, 6) is 0.175. The fraction of sp³-hybridized carbons (Fsp3) is 0.250. The summed E-state index contributed by atoms with van der Waals surface area (Å²) in [6.07, 6.45) is 1.76. The Morgan fingerprint density at radius 2 is 1.95 bits per heavy atom. The van der Waals surface area contributed by atoms with Crippen LogP contribution in [-0.4, -0.2) is 24.6 Å². The first kappa shape index (κ1) is 15.4. The number of benzene rings is 1. The van der Waals surface area contributed by atoms with E-state index >= 15 is 0 Å². The van der Waals surface area contributed by atoms with Gasteiger partial charge >= 0.3 is 5.97 Å². The lowest BCUT2D eigenvalue weighted by Crippen LogP contribution is -2.09. The number of ketones is 1. The highest BCUT2D eigenvalue weighted by molar-refractivity contribution is 8.00. The predicted molar refractivity (Wildman–Crippen MR) is 81.3 cm³/mol. The van der Waals surface area contributed by atoms with Gasteiger partial charge < -0.3 is 9.15 Å². The van der Waals surface area contributed by atoms with Gasteiger partial charge in [-0.15, -0.1) is 11.8 Å². The molecule has 0 radical (unpaired) electrons. The van der Waals surface area contributed by atoms with Crippen LogP contribution in [0.5, 0.6) is 0 Å². The molecular weight excluding hydrogens is 288 g/mol. The quantitative estimate of drug-likeness (QED) is 0.579. The second-order valence-electron chi connectivity index (χ2n) is 4.39. The molecule has 110 valence electrons. The molecule has 0 spiro atoms. The lowest BCUT2D eigenvalue weighted by molar-refractivity contribution is -0.137. The van der Waals surface area contributed by atoms with Crippen molar-refractivity contribution in [2.75, 3.05) is 12.9 Å². The molecule has 2 aromatic rings. The van der Waals surface area contributed by atoms with E-state index < -0.39 is 0 Å². The summed E-state index contributed by atoms with van der Waals surface area (Å²) >= 11 is 1.40. The highest BCUT2D eigenvalue weighted by Gasteiger charge is 2.20. The monoisotopic (exact) mass is 304 g/mol. The van der Waals surface area contributed by atoms with Crippen LogP contribution in [0.1, 0.15) is 27.8 Å². The fourth-order valence-corrected chi connectivity index (χ4v) is 2.95. The van der Waals surface area contributed by atoms with E-state index in [0.29, 0.717) is 5.76 Å². The molecule has 0 saturated carbocycles. The molecule has 5 heteroatoms. The Balaban J connectivity index is 2.08. The van der Waals surface area contributed by atoms with Gasteiger partial charge in [0.25, 0.3) is 0 Å². The molecule has 0 saturated heterocycles. The lowest BCUT2D eigenvalue weighted by atomic mass is 10.1. The third-order valence-corrected chi connectivity index (χ3v) is 4.21. The number of thioether (sulfide) groups is 1. The molecule has 2 rings (SSSR count). The number of furan rings is 1. The standard InChI is InChI=1S/C16H16O4S/c1-19-16(18)11-21-15(12-6-3-2-4-7-12)10-13(17)14-8-5-9-20-14/h2-9,15H,10-11H2,1H3/t15-/m1/s1. The Kier molecular flexibility index (Phi) is 5.63. The molecular formula is C16H16O4S.